The Morgan fingerprint density at radius 1 is 1.56 bits per heavy atom. The second-order valence-corrected chi connectivity index (χ2v) is 4.19. The van der Waals surface area contributed by atoms with Crippen LogP contribution in [0.4, 0.5) is 11.4 Å². The third-order valence-electron chi connectivity index (χ3n) is 2.62. The monoisotopic (exact) mass is 235 g/mol. The van der Waals surface area contributed by atoms with Crippen molar-refractivity contribution in [2.45, 2.75) is 13.3 Å². The zero-order valence-electron chi connectivity index (χ0n) is 8.99. The molecule has 1 heterocycles. The van der Waals surface area contributed by atoms with Crippen LogP contribution < -0.4 is 16.0 Å². The van der Waals surface area contributed by atoms with Gasteiger partial charge in [-0.05, 0) is 42.4 Å². The molecule has 0 radical (unpaired) electrons. The van der Waals surface area contributed by atoms with Crippen LogP contribution >= 0.6 is 12.2 Å². The molecule has 5 heteroatoms. The van der Waals surface area contributed by atoms with E-state index in [9.17, 15) is 4.79 Å². The van der Waals surface area contributed by atoms with E-state index in [1.54, 1.807) is 11.8 Å². The van der Waals surface area contributed by atoms with Gasteiger partial charge < -0.3 is 16.0 Å². The van der Waals surface area contributed by atoms with Crippen LogP contribution in [0.3, 0.4) is 0 Å². The highest BCUT2D eigenvalue weighted by atomic mass is 32.1. The average molecular weight is 235 g/mol. The molecule has 0 saturated heterocycles. The Hall–Kier alpha value is -1.62. The molecule has 0 bridgehead atoms. The molecule has 1 aliphatic rings. The van der Waals surface area contributed by atoms with Crippen molar-refractivity contribution < 1.29 is 4.79 Å². The summed E-state index contributed by atoms with van der Waals surface area (Å²) in [4.78, 5) is 13.1. The zero-order chi connectivity index (χ0) is 11.7. The maximum absolute atomic E-state index is 11.3. The molecule has 0 atom stereocenters. The summed E-state index contributed by atoms with van der Waals surface area (Å²) in [6.45, 7) is 2.33. The molecule has 0 fully saturated rings. The number of hydrogen-bond donors (Lipinski definition) is 2. The zero-order valence-corrected chi connectivity index (χ0v) is 9.80. The molecule has 1 amide bonds. The molecule has 0 aliphatic carbocycles. The fourth-order valence-electron chi connectivity index (χ4n) is 1.95. The number of nitrogens with two attached hydrogens (primary N) is 1. The summed E-state index contributed by atoms with van der Waals surface area (Å²) in [6, 6.07) is 5.78. The number of anilines is 2. The van der Waals surface area contributed by atoms with Crippen LogP contribution in [-0.2, 0) is 11.2 Å². The fraction of sp³-hybridized carbons (Fsp3) is 0.273. The number of rotatable bonds is 1. The predicted octanol–water partition coefficient (Wildman–Crippen LogP) is 1.25. The van der Waals surface area contributed by atoms with Gasteiger partial charge in [-0.1, -0.05) is 0 Å². The number of amides is 1. The molecule has 1 aromatic rings. The number of carbonyl (C=O) groups excluding carboxylic acids is 1. The smallest absolute Gasteiger partial charge is 0.223 e. The van der Waals surface area contributed by atoms with Gasteiger partial charge in [-0.3, -0.25) is 4.79 Å². The highest BCUT2D eigenvalue weighted by molar-refractivity contribution is 7.80. The van der Waals surface area contributed by atoms with Gasteiger partial charge in [-0.15, -0.1) is 0 Å². The number of benzene rings is 1. The van der Waals surface area contributed by atoms with Crippen LogP contribution in [0.1, 0.15) is 12.5 Å². The summed E-state index contributed by atoms with van der Waals surface area (Å²) in [7, 11) is 0. The maximum atomic E-state index is 11.3. The van der Waals surface area contributed by atoms with Gasteiger partial charge in [0.2, 0.25) is 5.91 Å². The summed E-state index contributed by atoms with van der Waals surface area (Å²) in [5.74, 6) is 0.0776. The van der Waals surface area contributed by atoms with Crippen LogP contribution in [0, 0.1) is 0 Å². The molecule has 0 saturated carbocycles. The molecule has 2 rings (SSSR count). The second kappa shape index (κ2) is 4.09. The number of hydrogen-bond acceptors (Lipinski definition) is 2. The molecular formula is C11H13N3OS. The van der Waals surface area contributed by atoms with E-state index in [1.807, 2.05) is 18.2 Å². The van der Waals surface area contributed by atoms with Crippen molar-refractivity contribution in [1.82, 2.24) is 0 Å². The lowest BCUT2D eigenvalue weighted by Gasteiger charge is -2.15. The van der Waals surface area contributed by atoms with E-state index < -0.39 is 0 Å². The van der Waals surface area contributed by atoms with Gasteiger partial charge >= 0.3 is 0 Å². The summed E-state index contributed by atoms with van der Waals surface area (Å²) in [5, 5.41) is 3.14. The molecular weight excluding hydrogens is 222 g/mol. The van der Waals surface area contributed by atoms with E-state index in [0.29, 0.717) is 0 Å². The first kappa shape index (κ1) is 10.9. The minimum atomic E-state index is 0.0776. The Balaban J connectivity index is 2.29. The molecule has 16 heavy (non-hydrogen) atoms. The number of fused-ring (bicyclic) bond motifs is 1. The molecule has 0 spiro atoms. The van der Waals surface area contributed by atoms with E-state index in [4.69, 9.17) is 18.0 Å². The summed E-state index contributed by atoms with van der Waals surface area (Å²) < 4.78 is 0. The lowest BCUT2D eigenvalue weighted by Crippen LogP contribution is -2.25. The third-order valence-corrected chi connectivity index (χ3v) is 2.72. The van der Waals surface area contributed by atoms with E-state index >= 15 is 0 Å². The fourth-order valence-corrected chi connectivity index (χ4v) is 2.07. The SMILES string of the molecule is CC(=O)N1CCc2cc(NC(N)=S)ccc21. The Kier molecular flexibility index (Phi) is 2.78. The van der Waals surface area contributed by atoms with Crippen molar-refractivity contribution in [3.8, 4) is 0 Å². The van der Waals surface area contributed by atoms with Crippen molar-refractivity contribution >= 4 is 34.6 Å². The minimum Gasteiger partial charge on any atom is -0.376 e. The summed E-state index contributed by atoms with van der Waals surface area (Å²) in [6.07, 6.45) is 0.877. The van der Waals surface area contributed by atoms with Crippen LogP contribution in [0.25, 0.3) is 0 Å². The topological polar surface area (TPSA) is 58.4 Å². The van der Waals surface area contributed by atoms with Crippen molar-refractivity contribution in [2.24, 2.45) is 5.73 Å². The highest BCUT2D eigenvalue weighted by Gasteiger charge is 2.21. The van der Waals surface area contributed by atoms with Crippen molar-refractivity contribution in [3.63, 3.8) is 0 Å². The Labute approximate surface area is 99.4 Å². The lowest BCUT2D eigenvalue weighted by molar-refractivity contribution is -0.116. The Morgan fingerprint density at radius 3 is 2.94 bits per heavy atom. The first-order chi connectivity index (χ1) is 7.58. The number of nitrogens with one attached hydrogen (secondary N) is 1. The van der Waals surface area contributed by atoms with E-state index in [0.717, 1.165) is 29.9 Å². The van der Waals surface area contributed by atoms with Gasteiger partial charge in [0.05, 0.1) is 0 Å². The van der Waals surface area contributed by atoms with Crippen LogP contribution in [0.5, 0.6) is 0 Å². The number of carbonyl (C=O) groups is 1. The average Bonchev–Trinajstić information content (AvgIpc) is 2.59. The first-order valence-electron chi connectivity index (χ1n) is 5.05. The van der Waals surface area contributed by atoms with Gasteiger partial charge in [-0.2, -0.15) is 0 Å². The van der Waals surface area contributed by atoms with E-state index in [1.165, 1.54) is 0 Å². The normalized spacial score (nSPS) is 13.4. The lowest BCUT2D eigenvalue weighted by atomic mass is 10.1. The Bertz CT molecular complexity index is 459. The van der Waals surface area contributed by atoms with E-state index in [-0.39, 0.29) is 11.0 Å². The second-order valence-electron chi connectivity index (χ2n) is 3.75. The van der Waals surface area contributed by atoms with Crippen LogP contribution in [0.2, 0.25) is 0 Å². The molecule has 4 nitrogen and oxygen atoms in total. The van der Waals surface area contributed by atoms with Crippen molar-refractivity contribution in [3.05, 3.63) is 23.8 Å². The molecule has 3 N–H and O–H groups in total. The van der Waals surface area contributed by atoms with E-state index in [2.05, 4.69) is 5.32 Å². The predicted molar refractivity (Wildman–Crippen MR) is 68.6 cm³/mol. The standard InChI is InChI=1S/C11H13N3OS/c1-7(15)14-5-4-8-6-9(13-11(12)16)2-3-10(8)14/h2-3,6H,4-5H2,1H3,(H3,12,13,16). The first-order valence-corrected chi connectivity index (χ1v) is 5.46. The number of nitrogens with zero attached hydrogens (tertiary/aromatic N) is 1. The van der Waals surface area contributed by atoms with Gasteiger partial charge in [0, 0.05) is 24.8 Å². The quantitative estimate of drug-likeness (QED) is 0.719. The third kappa shape index (κ3) is 1.99. The van der Waals surface area contributed by atoms with Crippen molar-refractivity contribution in [1.29, 1.82) is 0 Å². The van der Waals surface area contributed by atoms with Gasteiger partial charge in [0.25, 0.3) is 0 Å². The molecule has 0 aromatic heterocycles. The molecule has 1 aliphatic heterocycles. The minimum absolute atomic E-state index is 0.0776. The largest absolute Gasteiger partial charge is 0.376 e. The van der Waals surface area contributed by atoms with Gasteiger partial charge in [-0.25, -0.2) is 0 Å². The van der Waals surface area contributed by atoms with Crippen LogP contribution in [-0.4, -0.2) is 17.6 Å². The number of thiocarbonyl (C=S) groups is 1. The summed E-state index contributed by atoms with van der Waals surface area (Å²) in [5.41, 5.74) is 8.41. The van der Waals surface area contributed by atoms with Crippen LogP contribution in [0.15, 0.2) is 18.2 Å². The molecule has 0 unspecified atom stereocenters. The summed E-state index contributed by atoms with van der Waals surface area (Å²) >= 11 is 4.77. The highest BCUT2D eigenvalue weighted by Crippen LogP contribution is 2.30. The maximum Gasteiger partial charge on any atom is 0.223 e. The molecule has 1 aromatic carbocycles. The molecule has 84 valence electrons. The van der Waals surface area contributed by atoms with Gasteiger partial charge in [0.15, 0.2) is 5.11 Å². The Morgan fingerprint density at radius 2 is 2.31 bits per heavy atom. The van der Waals surface area contributed by atoms with Gasteiger partial charge in [0.1, 0.15) is 0 Å². The van der Waals surface area contributed by atoms with Crippen molar-refractivity contribution in [2.75, 3.05) is 16.8 Å².